The highest BCUT2D eigenvalue weighted by Crippen LogP contribution is 2.32. The standard InChI is InChI=1S/C20H28N4O4/c1-23-18(20(25)21-7-4-8-24-9-11-28-12-10-24)14-17(22-23)16-6-5-15(26-2)13-19(16)27-3/h5-6,13-14H,4,7-12H2,1-3H3,(H,21,25). The van der Waals surface area contributed by atoms with Gasteiger partial charge in [0.05, 0.1) is 33.1 Å². The van der Waals surface area contributed by atoms with Gasteiger partial charge < -0.3 is 19.5 Å². The Morgan fingerprint density at radius 2 is 2.00 bits per heavy atom. The quantitative estimate of drug-likeness (QED) is 0.692. The molecule has 0 spiro atoms. The summed E-state index contributed by atoms with van der Waals surface area (Å²) in [5.41, 5.74) is 2.00. The number of nitrogens with zero attached hydrogens (tertiary/aromatic N) is 3. The first-order chi connectivity index (χ1) is 13.6. The van der Waals surface area contributed by atoms with Gasteiger partial charge in [-0.15, -0.1) is 0 Å². The van der Waals surface area contributed by atoms with Crippen molar-refractivity contribution >= 4 is 5.91 Å². The monoisotopic (exact) mass is 388 g/mol. The molecule has 1 fully saturated rings. The number of morpholine rings is 1. The number of rotatable bonds is 8. The van der Waals surface area contributed by atoms with Crippen LogP contribution < -0.4 is 14.8 Å². The summed E-state index contributed by atoms with van der Waals surface area (Å²) in [4.78, 5) is 14.9. The first-order valence-corrected chi connectivity index (χ1v) is 9.47. The lowest BCUT2D eigenvalue weighted by Crippen LogP contribution is -2.38. The summed E-state index contributed by atoms with van der Waals surface area (Å²) in [6.45, 7) is 5.09. The fourth-order valence-corrected chi connectivity index (χ4v) is 3.24. The van der Waals surface area contributed by atoms with E-state index in [4.69, 9.17) is 14.2 Å². The Hall–Kier alpha value is -2.58. The van der Waals surface area contributed by atoms with E-state index in [1.807, 2.05) is 12.1 Å². The van der Waals surface area contributed by atoms with Gasteiger partial charge >= 0.3 is 0 Å². The summed E-state index contributed by atoms with van der Waals surface area (Å²) in [5.74, 6) is 1.22. The smallest absolute Gasteiger partial charge is 0.269 e. The van der Waals surface area contributed by atoms with Crippen LogP contribution in [-0.2, 0) is 11.8 Å². The number of carbonyl (C=O) groups is 1. The minimum absolute atomic E-state index is 0.129. The van der Waals surface area contributed by atoms with Crippen LogP contribution in [0.5, 0.6) is 11.5 Å². The number of hydrogen-bond donors (Lipinski definition) is 1. The molecular weight excluding hydrogens is 360 g/mol. The number of aryl methyl sites for hydroxylation is 1. The van der Waals surface area contributed by atoms with Crippen LogP contribution in [0.3, 0.4) is 0 Å². The zero-order valence-electron chi connectivity index (χ0n) is 16.7. The summed E-state index contributed by atoms with van der Waals surface area (Å²) in [6.07, 6.45) is 0.906. The van der Waals surface area contributed by atoms with Gasteiger partial charge in [-0.3, -0.25) is 14.4 Å². The van der Waals surface area contributed by atoms with Gasteiger partial charge in [-0.1, -0.05) is 0 Å². The molecule has 0 aliphatic carbocycles. The van der Waals surface area contributed by atoms with Crippen LogP contribution >= 0.6 is 0 Å². The largest absolute Gasteiger partial charge is 0.497 e. The lowest BCUT2D eigenvalue weighted by Gasteiger charge is -2.26. The fourth-order valence-electron chi connectivity index (χ4n) is 3.24. The number of hydrogen-bond acceptors (Lipinski definition) is 6. The number of carbonyl (C=O) groups excluding carboxylic acids is 1. The van der Waals surface area contributed by atoms with Gasteiger partial charge in [-0.25, -0.2) is 0 Å². The molecule has 3 rings (SSSR count). The fraction of sp³-hybridized carbons (Fsp3) is 0.500. The molecule has 1 aromatic heterocycles. The highest BCUT2D eigenvalue weighted by atomic mass is 16.5. The zero-order chi connectivity index (χ0) is 19.9. The molecule has 0 saturated carbocycles. The highest BCUT2D eigenvalue weighted by molar-refractivity contribution is 5.93. The van der Waals surface area contributed by atoms with E-state index >= 15 is 0 Å². The van der Waals surface area contributed by atoms with Crippen molar-refractivity contribution in [3.8, 4) is 22.8 Å². The van der Waals surface area contributed by atoms with Crippen LogP contribution in [0, 0.1) is 0 Å². The second-order valence-corrected chi connectivity index (χ2v) is 6.67. The Labute approximate surface area is 165 Å². The van der Waals surface area contributed by atoms with E-state index in [9.17, 15) is 4.79 Å². The van der Waals surface area contributed by atoms with Crippen LogP contribution in [0.15, 0.2) is 24.3 Å². The van der Waals surface area contributed by atoms with E-state index < -0.39 is 0 Å². The molecule has 28 heavy (non-hydrogen) atoms. The maximum Gasteiger partial charge on any atom is 0.269 e. The van der Waals surface area contributed by atoms with Crippen LogP contribution in [0.25, 0.3) is 11.3 Å². The third-order valence-electron chi connectivity index (χ3n) is 4.84. The average molecular weight is 388 g/mol. The first-order valence-electron chi connectivity index (χ1n) is 9.47. The second-order valence-electron chi connectivity index (χ2n) is 6.67. The third kappa shape index (κ3) is 4.82. The van der Waals surface area contributed by atoms with E-state index in [-0.39, 0.29) is 5.91 Å². The molecule has 1 amide bonds. The van der Waals surface area contributed by atoms with Crippen molar-refractivity contribution in [3.63, 3.8) is 0 Å². The van der Waals surface area contributed by atoms with Crippen molar-refractivity contribution in [1.29, 1.82) is 0 Å². The van der Waals surface area contributed by atoms with Crippen molar-refractivity contribution in [3.05, 3.63) is 30.0 Å². The normalized spacial score (nSPS) is 14.7. The van der Waals surface area contributed by atoms with Crippen LogP contribution in [0.4, 0.5) is 0 Å². The molecule has 8 nitrogen and oxygen atoms in total. The zero-order valence-corrected chi connectivity index (χ0v) is 16.7. The van der Waals surface area contributed by atoms with Gasteiger partial charge in [0.2, 0.25) is 0 Å². The Kier molecular flexibility index (Phi) is 6.89. The molecule has 0 radical (unpaired) electrons. The summed E-state index contributed by atoms with van der Waals surface area (Å²) in [5, 5.41) is 7.46. The van der Waals surface area contributed by atoms with Crippen LogP contribution in [0.2, 0.25) is 0 Å². The Balaban J connectivity index is 1.61. The third-order valence-corrected chi connectivity index (χ3v) is 4.84. The van der Waals surface area contributed by atoms with Gasteiger partial charge in [0.25, 0.3) is 5.91 Å². The van der Waals surface area contributed by atoms with Crippen molar-refractivity contribution in [1.82, 2.24) is 20.0 Å². The van der Waals surface area contributed by atoms with Crippen molar-refractivity contribution in [2.24, 2.45) is 7.05 Å². The molecule has 2 heterocycles. The Morgan fingerprint density at radius 1 is 1.21 bits per heavy atom. The molecule has 1 aliphatic heterocycles. The average Bonchev–Trinajstić information content (AvgIpc) is 3.12. The minimum atomic E-state index is -0.129. The van der Waals surface area contributed by atoms with Gasteiger partial charge in [0.15, 0.2) is 0 Å². The summed E-state index contributed by atoms with van der Waals surface area (Å²) in [6, 6.07) is 7.30. The van der Waals surface area contributed by atoms with E-state index in [1.165, 1.54) is 0 Å². The number of ether oxygens (including phenoxy) is 3. The lowest BCUT2D eigenvalue weighted by atomic mass is 10.1. The number of amides is 1. The number of nitrogens with one attached hydrogen (secondary N) is 1. The van der Waals surface area contributed by atoms with Gasteiger partial charge in [-0.05, 0) is 31.2 Å². The van der Waals surface area contributed by atoms with E-state index in [0.29, 0.717) is 29.4 Å². The van der Waals surface area contributed by atoms with Gasteiger partial charge in [-0.2, -0.15) is 5.10 Å². The molecule has 0 unspecified atom stereocenters. The van der Waals surface area contributed by atoms with E-state index in [1.54, 1.807) is 38.1 Å². The predicted molar refractivity (Wildman–Crippen MR) is 106 cm³/mol. The maximum atomic E-state index is 12.6. The first kappa shape index (κ1) is 20.2. The molecule has 8 heteroatoms. The Morgan fingerprint density at radius 3 is 2.71 bits per heavy atom. The topological polar surface area (TPSA) is 77.9 Å². The molecule has 1 N–H and O–H groups in total. The summed E-state index contributed by atoms with van der Waals surface area (Å²) in [7, 11) is 4.97. The van der Waals surface area contributed by atoms with Gasteiger partial charge in [0, 0.05) is 38.3 Å². The molecular formula is C20H28N4O4. The summed E-state index contributed by atoms with van der Waals surface area (Å²) < 4.78 is 17.6. The van der Waals surface area contributed by atoms with E-state index in [2.05, 4.69) is 15.3 Å². The number of benzene rings is 1. The van der Waals surface area contributed by atoms with Crippen molar-refractivity contribution in [2.45, 2.75) is 6.42 Å². The molecule has 1 aromatic carbocycles. The SMILES string of the molecule is COc1ccc(-c2cc(C(=O)NCCCN3CCOCC3)n(C)n2)c(OC)c1. The van der Waals surface area contributed by atoms with E-state index in [0.717, 1.165) is 44.8 Å². The molecule has 152 valence electrons. The van der Waals surface area contributed by atoms with Gasteiger partial charge in [0.1, 0.15) is 17.2 Å². The molecule has 0 atom stereocenters. The molecule has 1 aliphatic rings. The maximum absolute atomic E-state index is 12.6. The molecule has 2 aromatic rings. The molecule has 0 bridgehead atoms. The number of methoxy groups -OCH3 is 2. The van der Waals surface area contributed by atoms with Crippen molar-refractivity contribution in [2.75, 3.05) is 53.6 Å². The Bertz CT molecular complexity index is 799. The lowest BCUT2D eigenvalue weighted by molar-refractivity contribution is 0.0374. The minimum Gasteiger partial charge on any atom is -0.497 e. The van der Waals surface area contributed by atoms with Crippen molar-refractivity contribution < 1.29 is 19.0 Å². The predicted octanol–water partition coefficient (Wildman–Crippen LogP) is 1.56. The second kappa shape index (κ2) is 9.57. The number of aromatic nitrogens is 2. The highest BCUT2D eigenvalue weighted by Gasteiger charge is 2.17. The molecule has 1 saturated heterocycles. The summed E-state index contributed by atoms with van der Waals surface area (Å²) >= 11 is 0. The van der Waals surface area contributed by atoms with Crippen LogP contribution in [0.1, 0.15) is 16.9 Å². The van der Waals surface area contributed by atoms with Crippen LogP contribution in [-0.4, -0.2) is 74.2 Å².